The Bertz CT molecular complexity index is 2690. The average Bonchev–Trinajstić information content (AvgIpc) is 3.73. The summed E-state index contributed by atoms with van der Waals surface area (Å²) in [5.41, 5.74) is 7.29. The Kier molecular flexibility index (Phi) is 5.23. The van der Waals surface area contributed by atoms with Crippen molar-refractivity contribution < 1.29 is 0 Å². The molecule has 0 saturated heterocycles. The number of hydrogen-bond donors (Lipinski definition) is 0. The van der Waals surface area contributed by atoms with Crippen LogP contribution < -0.4 is 0 Å². The molecule has 0 amide bonds. The summed E-state index contributed by atoms with van der Waals surface area (Å²) in [7, 11) is -0.636. The first-order valence-corrected chi connectivity index (χ1v) is 16.8. The lowest BCUT2D eigenvalue weighted by molar-refractivity contribution is 1.15. The van der Waals surface area contributed by atoms with Gasteiger partial charge in [-0.1, -0.05) is 117 Å². The molecule has 3 heterocycles. The van der Waals surface area contributed by atoms with Gasteiger partial charge in [-0.25, -0.2) is 0 Å². The third-order valence-corrected chi connectivity index (χ3v) is 12.0. The van der Waals surface area contributed by atoms with E-state index in [-0.39, 0.29) is 0 Å². The highest BCUT2D eigenvalue weighted by molar-refractivity contribution is 7.67. The Morgan fingerprint density at radius 3 is 1.38 bits per heavy atom. The van der Waals surface area contributed by atoms with Crippen LogP contribution in [-0.4, -0.2) is 9.13 Å². The van der Waals surface area contributed by atoms with Crippen molar-refractivity contribution in [2.75, 3.05) is 0 Å². The second-order valence-electron chi connectivity index (χ2n) is 11.8. The topological polar surface area (TPSA) is 9.86 Å². The van der Waals surface area contributed by atoms with Gasteiger partial charge >= 0.3 is 0 Å². The number of nitrogens with zero attached hydrogens (tertiary/aromatic N) is 2. The molecule has 0 N–H and O–H groups in total. The molecule has 45 heavy (non-hydrogen) atoms. The smallest absolute Gasteiger partial charge is 0.0550 e. The summed E-state index contributed by atoms with van der Waals surface area (Å²) < 4.78 is 4.85. The highest BCUT2D eigenvalue weighted by Crippen LogP contribution is 2.56. The summed E-state index contributed by atoms with van der Waals surface area (Å²) in [5.74, 6) is 0. The standard InChI is InChI=1S/C42H27N2P/c1-2-12-30(13-3-1)45-41-21-11-7-17-34(41)36-26-35-33-16-6-10-20-39(33)44(40(35)27-42(36)45)29-24-22-28(23-25-29)43-37-18-8-4-14-31(37)32-15-5-9-19-38(32)43/h1-27H. The van der Waals surface area contributed by atoms with Crippen LogP contribution in [0.15, 0.2) is 164 Å². The molecule has 10 rings (SSSR count). The minimum atomic E-state index is -0.636. The maximum absolute atomic E-state index is 2.49. The number of aromatic nitrogens is 2. The molecule has 0 aliphatic rings. The Balaban J connectivity index is 1.24. The molecule has 1 atom stereocenters. The van der Waals surface area contributed by atoms with E-state index in [2.05, 4.69) is 173 Å². The maximum Gasteiger partial charge on any atom is 0.0550 e. The van der Waals surface area contributed by atoms with Crippen LogP contribution >= 0.6 is 7.53 Å². The van der Waals surface area contributed by atoms with E-state index in [1.807, 2.05) is 0 Å². The largest absolute Gasteiger partial charge is 0.309 e. The Labute approximate surface area is 261 Å². The van der Waals surface area contributed by atoms with Gasteiger partial charge in [0.15, 0.2) is 0 Å². The van der Waals surface area contributed by atoms with E-state index in [0.29, 0.717) is 0 Å². The van der Waals surface area contributed by atoms with Gasteiger partial charge in [-0.15, -0.1) is 0 Å². The fraction of sp³-hybridized carbons (Fsp3) is 0. The molecule has 3 aromatic heterocycles. The van der Waals surface area contributed by atoms with Crippen molar-refractivity contribution in [3.05, 3.63) is 164 Å². The molecule has 0 radical (unpaired) electrons. The normalized spacial score (nSPS) is 12.4. The first kappa shape index (κ1) is 24.8. The van der Waals surface area contributed by atoms with Gasteiger partial charge in [0, 0.05) is 43.2 Å². The molecule has 2 nitrogen and oxygen atoms in total. The lowest BCUT2D eigenvalue weighted by Gasteiger charge is -2.12. The molecular weight excluding hydrogens is 563 g/mol. The van der Waals surface area contributed by atoms with Crippen LogP contribution in [0.3, 0.4) is 0 Å². The molecule has 1 unspecified atom stereocenters. The molecule has 3 heteroatoms. The highest BCUT2D eigenvalue weighted by atomic mass is 31.1. The van der Waals surface area contributed by atoms with Crippen molar-refractivity contribution in [1.82, 2.24) is 9.13 Å². The second kappa shape index (κ2) is 9.47. The zero-order valence-corrected chi connectivity index (χ0v) is 25.3. The van der Waals surface area contributed by atoms with E-state index in [4.69, 9.17) is 0 Å². The summed E-state index contributed by atoms with van der Waals surface area (Å²) in [4.78, 5) is 0. The van der Waals surface area contributed by atoms with Gasteiger partial charge in [-0.05, 0) is 70.7 Å². The van der Waals surface area contributed by atoms with Crippen molar-refractivity contribution in [3.63, 3.8) is 0 Å². The first-order valence-electron chi connectivity index (χ1n) is 15.5. The van der Waals surface area contributed by atoms with E-state index in [9.17, 15) is 0 Å². The number of fused-ring (bicyclic) bond motifs is 9. The minimum Gasteiger partial charge on any atom is -0.309 e. The van der Waals surface area contributed by atoms with Crippen LogP contribution in [0.5, 0.6) is 0 Å². The van der Waals surface area contributed by atoms with Crippen LogP contribution in [0.4, 0.5) is 0 Å². The van der Waals surface area contributed by atoms with E-state index in [0.717, 1.165) is 0 Å². The molecule has 0 aliphatic carbocycles. The van der Waals surface area contributed by atoms with Gasteiger partial charge < -0.3 is 9.13 Å². The quantitative estimate of drug-likeness (QED) is 0.194. The van der Waals surface area contributed by atoms with Gasteiger partial charge in [0.1, 0.15) is 0 Å². The molecule has 7 aromatic carbocycles. The lowest BCUT2D eigenvalue weighted by atomic mass is 10.1. The molecule has 210 valence electrons. The van der Waals surface area contributed by atoms with E-state index < -0.39 is 7.53 Å². The lowest BCUT2D eigenvalue weighted by Crippen LogP contribution is -1.97. The summed E-state index contributed by atoms with van der Waals surface area (Å²) in [6.07, 6.45) is 0. The molecular formula is C42H27N2P. The van der Waals surface area contributed by atoms with Gasteiger partial charge in [0.05, 0.1) is 22.1 Å². The van der Waals surface area contributed by atoms with Crippen molar-refractivity contribution in [1.29, 1.82) is 0 Å². The van der Waals surface area contributed by atoms with E-state index in [1.54, 1.807) is 0 Å². The molecule has 10 aromatic rings. The molecule has 0 saturated carbocycles. The van der Waals surface area contributed by atoms with E-state index >= 15 is 0 Å². The SMILES string of the molecule is c1ccc(-p2c3ccccc3c3cc4c5ccccc5n(-c5ccc(-n6c7ccccc7c7ccccc76)cc5)c4cc32)cc1. The number of benzene rings is 7. The van der Waals surface area contributed by atoms with Crippen LogP contribution in [0.2, 0.25) is 0 Å². The zero-order chi connectivity index (χ0) is 29.5. The van der Waals surface area contributed by atoms with Gasteiger partial charge in [-0.3, -0.25) is 0 Å². The average molecular weight is 591 g/mol. The summed E-state index contributed by atoms with van der Waals surface area (Å²) in [6, 6.07) is 60.4. The van der Waals surface area contributed by atoms with Crippen LogP contribution in [0.25, 0.3) is 81.3 Å². The van der Waals surface area contributed by atoms with Gasteiger partial charge in [0.2, 0.25) is 0 Å². The molecule has 0 bridgehead atoms. The van der Waals surface area contributed by atoms with Gasteiger partial charge in [-0.2, -0.15) is 0 Å². The number of hydrogen-bond acceptors (Lipinski definition) is 0. The Morgan fingerprint density at radius 1 is 0.311 bits per heavy atom. The number of rotatable bonds is 3. The molecule has 0 spiro atoms. The highest BCUT2D eigenvalue weighted by Gasteiger charge is 2.19. The van der Waals surface area contributed by atoms with Crippen LogP contribution in [0.1, 0.15) is 0 Å². The summed E-state index contributed by atoms with van der Waals surface area (Å²) >= 11 is 0. The monoisotopic (exact) mass is 590 g/mol. The molecule has 0 aliphatic heterocycles. The summed E-state index contributed by atoms with van der Waals surface area (Å²) in [5, 5.41) is 12.2. The van der Waals surface area contributed by atoms with Crippen molar-refractivity contribution in [3.8, 4) is 16.7 Å². The first-order chi connectivity index (χ1) is 22.3. The minimum absolute atomic E-state index is 0.636. The van der Waals surface area contributed by atoms with Crippen molar-refractivity contribution >= 4 is 72.2 Å². The zero-order valence-electron chi connectivity index (χ0n) is 24.4. The predicted octanol–water partition coefficient (Wildman–Crippen LogP) is 12.2. The second-order valence-corrected chi connectivity index (χ2v) is 14.0. The van der Waals surface area contributed by atoms with E-state index in [1.165, 1.54) is 81.3 Å². The summed E-state index contributed by atoms with van der Waals surface area (Å²) in [6.45, 7) is 0. The van der Waals surface area contributed by atoms with Crippen molar-refractivity contribution in [2.24, 2.45) is 0 Å². The fourth-order valence-electron chi connectivity index (χ4n) is 7.52. The van der Waals surface area contributed by atoms with Crippen LogP contribution in [0, 0.1) is 0 Å². The van der Waals surface area contributed by atoms with Gasteiger partial charge in [0.25, 0.3) is 0 Å². The van der Waals surface area contributed by atoms with Crippen LogP contribution in [-0.2, 0) is 0 Å². The number of para-hydroxylation sites is 3. The predicted molar refractivity (Wildman–Crippen MR) is 194 cm³/mol. The third-order valence-electron chi connectivity index (χ3n) is 9.43. The fourth-order valence-corrected chi connectivity index (χ4v) is 10.2. The van der Waals surface area contributed by atoms with Crippen molar-refractivity contribution in [2.45, 2.75) is 0 Å². The third kappa shape index (κ3) is 3.52. The Morgan fingerprint density at radius 2 is 0.778 bits per heavy atom. The maximum atomic E-state index is 2.49. The Hall–Kier alpha value is -5.56. The molecule has 0 fully saturated rings.